The van der Waals surface area contributed by atoms with Crippen LogP contribution in [0.2, 0.25) is 0 Å². The van der Waals surface area contributed by atoms with Crippen molar-refractivity contribution in [3.8, 4) is 0 Å². The minimum atomic E-state index is 0.454. The summed E-state index contributed by atoms with van der Waals surface area (Å²) < 4.78 is 1.98. The van der Waals surface area contributed by atoms with Crippen LogP contribution in [0.25, 0.3) is 11.0 Å². The molecule has 7 heteroatoms. The van der Waals surface area contributed by atoms with Crippen LogP contribution in [0, 0.1) is 13.8 Å². The van der Waals surface area contributed by atoms with Gasteiger partial charge in [-0.2, -0.15) is 9.97 Å². The standard InChI is InChI=1S/C14H17N7/c1-9-7-10(2)18-13-11(9)12(15)19-14(20-13)17-4-6-21-5-3-16-8-21/h3,5,7-8H,4,6H2,1-2H3,(H3,15,17,18,19,20). The minimum absolute atomic E-state index is 0.454. The number of pyridine rings is 1. The summed E-state index contributed by atoms with van der Waals surface area (Å²) in [6.07, 6.45) is 5.43. The molecule has 0 fully saturated rings. The van der Waals surface area contributed by atoms with Gasteiger partial charge < -0.3 is 15.6 Å². The Morgan fingerprint density at radius 3 is 2.86 bits per heavy atom. The summed E-state index contributed by atoms with van der Waals surface area (Å²) in [6, 6.07) is 1.98. The smallest absolute Gasteiger partial charge is 0.226 e. The molecule has 3 heterocycles. The number of hydrogen-bond acceptors (Lipinski definition) is 6. The average molecular weight is 283 g/mol. The molecular weight excluding hydrogens is 266 g/mol. The summed E-state index contributed by atoms with van der Waals surface area (Å²) in [4.78, 5) is 17.2. The number of fused-ring (bicyclic) bond motifs is 1. The van der Waals surface area contributed by atoms with Crippen LogP contribution >= 0.6 is 0 Å². The lowest BCUT2D eigenvalue weighted by Gasteiger charge is -2.09. The number of hydrogen-bond donors (Lipinski definition) is 2. The summed E-state index contributed by atoms with van der Waals surface area (Å²) >= 11 is 0. The lowest BCUT2D eigenvalue weighted by atomic mass is 10.1. The Balaban J connectivity index is 1.83. The number of rotatable bonds is 4. The van der Waals surface area contributed by atoms with E-state index in [1.807, 2.05) is 30.7 Å². The SMILES string of the molecule is Cc1cc(C)c2c(N)nc(NCCn3ccnc3)nc2n1. The van der Waals surface area contributed by atoms with Crippen molar-refractivity contribution in [2.75, 3.05) is 17.6 Å². The molecule has 3 N–H and O–H groups in total. The van der Waals surface area contributed by atoms with Crippen LogP contribution in [0.3, 0.4) is 0 Å². The van der Waals surface area contributed by atoms with E-state index in [-0.39, 0.29) is 0 Å². The Hall–Kier alpha value is -2.70. The van der Waals surface area contributed by atoms with Gasteiger partial charge in [0, 0.05) is 31.2 Å². The molecule has 108 valence electrons. The number of imidazole rings is 1. The lowest BCUT2D eigenvalue weighted by Crippen LogP contribution is -2.12. The van der Waals surface area contributed by atoms with Crippen molar-refractivity contribution in [2.45, 2.75) is 20.4 Å². The highest BCUT2D eigenvalue weighted by atomic mass is 15.1. The van der Waals surface area contributed by atoms with Gasteiger partial charge in [-0.05, 0) is 25.5 Å². The van der Waals surface area contributed by atoms with Crippen LogP contribution in [0.4, 0.5) is 11.8 Å². The fraction of sp³-hybridized carbons (Fsp3) is 0.286. The Morgan fingerprint density at radius 1 is 1.24 bits per heavy atom. The van der Waals surface area contributed by atoms with Gasteiger partial charge in [-0.25, -0.2) is 9.97 Å². The van der Waals surface area contributed by atoms with Gasteiger partial charge in [0.2, 0.25) is 5.95 Å². The molecule has 3 aromatic rings. The highest BCUT2D eigenvalue weighted by Gasteiger charge is 2.09. The molecule has 0 spiro atoms. The van der Waals surface area contributed by atoms with Crippen LogP contribution in [0.1, 0.15) is 11.3 Å². The second kappa shape index (κ2) is 5.35. The molecule has 0 aromatic carbocycles. The van der Waals surface area contributed by atoms with Gasteiger partial charge in [-0.15, -0.1) is 0 Å². The monoisotopic (exact) mass is 283 g/mol. The number of nitrogen functional groups attached to an aromatic ring is 1. The fourth-order valence-corrected chi connectivity index (χ4v) is 2.30. The second-order valence-corrected chi connectivity index (χ2v) is 4.94. The van der Waals surface area contributed by atoms with E-state index < -0.39 is 0 Å². The molecule has 21 heavy (non-hydrogen) atoms. The van der Waals surface area contributed by atoms with E-state index in [4.69, 9.17) is 5.73 Å². The van der Waals surface area contributed by atoms with Crippen molar-refractivity contribution < 1.29 is 0 Å². The zero-order valence-electron chi connectivity index (χ0n) is 12.0. The van der Waals surface area contributed by atoms with Gasteiger partial charge in [0.1, 0.15) is 5.82 Å². The van der Waals surface area contributed by atoms with Crippen molar-refractivity contribution in [3.63, 3.8) is 0 Å². The Labute approximate surface area is 122 Å². The van der Waals surface area contributed by atoms with Crippen molar-refractivity contribution in [2.24, 2.45) is 0 Å². The van der Waals surface area contributed by atoms with Crippen molar-refractivity contribution in [1.82, 2.24) is 24.5 Å². The number of aryl methyl sites for hydroxylation is 2. The summed E-state index contributed by atoms with van der Waals surface area (Å²) in [5, 5.41) is 3.98. The third-order valence-corrected chi connectivity index (χ3v) is 3.23. The van der Waals surface area contributed by atoms with E-state index in [0.717, 1.165) is 23.2 Å². The van der Waals surface area contributed by atoms with Crippen molar-refractivity contribution in [1.29, 1.82) is 0 Å². The summed E-state index contributed by atoms with van der Waals surface area (Å²) in [5.41, 5.74) is 8.62. The van der Waals surface area contributed by atoms with Gasteiger partial charge in [0.25, 0.3) is 0 Å². The fourth-order valence-electron chi connectivity index (χ4n) is 2.30. The highest BCUT2D eigenvalue weighted by Crippen LogP contribution is 2.22. The van der Waals surface area contributed by atoms with Crippen LogP contribution in [-0.2, 0) is 6.54 Å². The summed E-state index contributed by atoms with van der Waals surface area (Å²) in [6.45, 7) is 5.40. The number of nitrogens with zero attached hydrogens (tertiary/aromatic N) is 5. The molecule has 0 aliphatic heterocycles. The number of anilines is 2. The van der Waals surface area contributed by atoms with Gasteiger partial charge in [-0.3, -0.25) is 0 Å². The number of aromatic nitrogens is 5. The predicted octanol–water partition coefficient (Wildman–Crippen LogP) is 1.53. The largest absolute Gasteiger partial charge is 0.383 e. The van der Waals surface area contributed by atoms with Gasteiger partial charge >= 0.3 is 0 Å². The Bertz CT molecular complexity index is 765. The van der Waals surface area contributed by atoms with Crippen LogP contribution < -0.4 is 11.1 Å². The van der Waals surface area contributed by atoms with E-state index in [9.17, 15) is 0 Å². The van der Waals surface area contributed by atoms with E-state index in [1.165, 1.54) is 0 Å². The van der Waals surface area contributed by atoms with Crippen molar-refractivity contribution in [3.05, 3.63) is 36.0 Å². The van der Waals surface area contributed by atoms with Crippen LogP contribution in [0.15, 0.2) is 24.8 Å². The molecule has 3 aromatic heterocycles. The molecule has 0 saturated heterocycles. The first-order chi connectivity index (χ1) is 10.1. The third-order valence-electron chi connectivity index (χ3n) is 3.23. The molecule has 0 radical (unpaired) electrons. The lowest BCUT2D eigenvalue weighted by molar-refractivity contribution is 0.723. The van der Waals surface area contributed by atoms with E-state index in [0.29, 0.717) is 24.0 Å². The Morgan fingerprint density at radius 2 is 2.10 bits per heavy atom. The molecule has 0 saturated carbocycles. The molecule has 7 nitrogen and oxygen atoms in total. The van der Waals surface area contributed by atoms with Gasteiger partial charge in [0.15, 0.2) is 5.65 Å². The van der Waals surface area contributed by atoms with Crippen LogP contribution in [0.5, 0.6) is 0 Å². The average Bonchev–Trinajstić information content (AvgIpc) is 2.90. The zero-order valence-corrected chi connectivity index (χ0v) is 12.0. The van der Waals surface area contributed by atoms with Gasteiger partial charge in [0.05, 0.1) is 11.7 Å². The van der Waals surface area contributed by atoms with E-state index in [2.05, 4.69) is 25.3 Å². The first kappa shape index (κ1) is 13.3. The van der Waals surface area contributed by atoms with E-state index >= 15 is 0 Å². The molecule has 0 aliphatic rings. The molecule has 0 unspecified atom stereocenters. The quantitative estimate of drug-likeness (QED) is 0.754. The molecule has 0 aliphatic carbocycles. The maximum Gasteiger partial charge on any atom is 0.226 e. The summed E-state index contributed by atoms with van der Waals surface area (Å²) in [7, 11) is 0. The number of nitrogens with two attached hydrogens (primary N) is 1. The van der Waals surface area contributed by atoms with Gasteiger partial charge in [-0.1, -0.05) is 0 Å². The zero-order chi connectivity index (χ0) is 14.8. The second-order valence-electron chi connectivity index (χ2n) is 4.94. The van der Waals surface area contributed by atoms with Crippen molar-refractivity contribution >= 4 is 22.8 Å². The maximum absolute atomic E-state index is 6.03. The third kappa shape index (κ3) is 2.76. The predicted molar refractivity (Wildman–Crippen MR) is 81.9 cm³/mol. The molecule has 0 bridgehead atoms. The normalized spacial score (nSPS) is 11.0. The van der Waals surface area contributed by atoms with E-state index in [1.54, 1.807) is 12.5 Å². The maximum atomic E-state index is 6.03. The Kier molecular flexibility index (Phi) is 3.39. The molecule has 0 atom stereocenters. The first-order valence-corrected chi connectivity index (χ1v) is 6.74. The molecule has 3 rings (SSSR count). The number of nitrogens with one attached hydrogen (secondary N) is 1. The first-order valence-electron chi connectivity index (χ1n) is 6.74. The highest BCUT2D eigenvalue weighted by molar-refractivity contribution is 5.89. The topological polar surface area (TPSA) is 94.5 Å². The molecular formula is C14H17N7. The summed E-state index contributed by atoms with van der Waals surface area (Å²) in [5.74, 6) is 0.952. The van der Waals surface area contributed by atoms with Crippen LogP contribution in [-0.4, -0.2) is 31.0 Å². The molecule has 0 amide bonds. The minimum Gasteiger partial charge on any atom is -0.383 e.